The van der Waals surface area contributed by atoms with Gasteiger partial charge in [-0.3, -0.25) is 9.59 Å². The molecule has 0 atom stereocenters. The fraction of sp³-hybridized carbons (Fsp3) is 0.894. The summed E-state index contributed by atoms with van der Waals surface area (Å²) in [5.74, 6) is 0.927. The van der Waals surface area contributed by atoms with Crippen LogP contribution in [0.3, 0.4) is 0 Å². The van der Waals surface area contributed by atoms with Crippen LogP contribution in [0.15, 0.2) is 0 Å². The smallest absolute Gasteiger partial charge is 0.530 e. The summed E-state index contributed by atoms with van der Waals surface area (Å²) >= 11 is 1.23. The van der Waals surface area contributed by atoms with E-state index < -0.39 is 0 Å². The third-order valence-corrected chi connectivity index (χ3v) is 10.4. The number of unbranched alkanes of at least 4 members (excludes halogenated alkanes) is 24. The molecule has 1 saturated heterocycles. The van der Waals surface area contributed by atoms with Crippen LogP contribution in [0.25, 0.3) is 0 Å². The molecule has 0 aromatic heterocycles. The molecule has 322 valence electrons. The zero-order valence-electron chi connectivity index (χ0n) is 37.3. The fourth-order valence-corrected chi connectivity index (χ4v) is 6.67. The third-order valence-electron chi connectivity index (χ3n) is 9.94. The van der Waals surface area contributed by atoms with Crippen LogP contribution in [-0.2, 0) is 23.9 Å². The number of esters is 2. The predicted molar refractivity (Wildman–Crippen MR) is 236 cm³/mol. The van der Waals surface area contributed by atoms with Crippen molar-refractivity contribution in [1.29, 1.82) is 0 Å². The van der Waals surface area contributed by atoms with Gasteiger partial charge in [-0.1, -0.05) is 162 Å². The van der Waals surface area contributed by atoms with Gasteiger partial charge in [0.15, 0.2) is 0 Å². The molecule has 1 fully saturated rings. The largest absolute Gasteiger partial charge is 1.00 e. The molecule has 0 aromatic carbocycles. The van der Waals surface area contributed by atoms with Gasteiger partial charge in [-0.2, -0.15) is 12.8 Å². The van der Waals surface area contributed by atoms with E-state index >= 15 is 0 Å². The SMILES string of the molecule is O=[C-]SCCN1CC1.[CH2-]CCCCCCC(=O)OC(CCCCCCCC)CCCCCCCC.[CH2-]CCCCCCC(=O)OCCCCCCCCC.[Li+]. The zero-order valence-corrected chi connectivity index (χ0v) is 38.1. The van der Waals surface area contributed by atoms with Crippen molar-refractivity contribution >= 4 is 29.3 Å². The maximum absolute atomic E-state index is 12.2. The second-order valence-corrected chi connectivity index (χ2v) is 16.2. The summed E-state index contributed by atoms with van der Waals surface area (Å²) in [5, 5.41) is 0. The van der Waals surface area contributed by atoms with E-state index in [0.29, 0.717) is 19.4 Å². The first-order chi connectivity index (χ1) is 26.5. The third kappa shape index (κ3) is 53.5. The first-order valence-electron chi connectivity index (χ1n) is 23.1. The summed E-state index contributed by atoms with van der Waals surface area (Å²) in [5.41, 5.74) is 1.79. The number of hydrogen-bond acceptors (Lipinski definition) is 7. The monoisotopic (exact) mass is 788 g/mol. The Kier molecular flexibility index (Phi) is 55.1. The molecule has 0 bridgehead atoms. The number of carbonyl (C=O) groups excluding carboxylic acids is 3. The Morgan fingerprint density at radius 2 is 0.982 bits per heavy atom. The summed E-state index contributed by atoms with van der Waals surface area (Å²) in [6.45, 7) is 18.5. The average Bonchev–Trinajstić information content (AvgIpc) is 4.00. The summed E-state index contributed by atoms with van der Waals surface area (Å²) in [6.07, 6.45) is 38.9. The van der Waals surface area contributed by atoms with Crippen LogP contribution in [0.1, 0.15) is 233 Å². The van der Waals surface area contributed by atoms with Crippen LogP contribution >= 0.6 is 11.8 Å². The van der Waals surface area contributed by atoms with E-state index in [9.17, 15) is 14.4 Å². The fourth-order valence-electron chi connectivity index (χ4n) is 6.24. The van der Waals surface area contributed by atoms with Crippen LogP contribution in [0, 0.1) is 13.8 Å². The molecule has 0 spiro atoms. The molecule has 8 heteroatoms. The van der Waals surface area contributed by atoms with E-state index in [1.54, 1.807) is 5.62 Å². The predicted octanol–water partition coefficient (Wildman–Crippen LogP) is 11.1. The van der Waals surface area contributed by atoms with Crippen molar-refractivity contribution in [2.24, 2.45) is 0 Å². The Bertz CT molecular complexity index is 754. The minimum absolute atomic E-state index is 0. The van der Waals surface area contributed by atoms with Gasteiger partial charge in [0.2, 0.25) is 0 Å². The van der Waals surface area contributed by atoms with Crippen molar-refractivity contribution < 1.29 is 42.7 Å². The van der Waals surface area contributed by atoms with Crippen LogP contribution in [0.4, 0.5) is 0 Å². The number of ether oxygens (including phenoxy) is 2. The molecule has 0 unspecified atom stereocenters. The minimum atomic E-state index is -0.0133. The molecular formula is C47H90LiNO5S-2. The van der Waals surface area contributed by atoms with Crippen molar-refractivity contribution in [1.82, 2.24) is 4.90 Å². The Morgan fingerprint density at radius 3 is 1.42 bits per heavy atom. The van der Waals surface area contributed by atoms with Gasteiger partial charge >= 0.3 is 30.8 Å². The molecule has 1 rings (SSSR count). The molecule has 0 saturated carbocycles. The number of carbonyl (C=O) groups is 2. The van der Waals surface area contributed by atoms with E-state index in [0.717, 1.165) is 70.1 Å². The van der Waals surface area contributed by atoms with Gasteiger partial charge in [-0.15, -0.1) is 0 Å². The number of rotatable bonds is 39. The maximum Gasteiger partial charge on any atom is 1.00 e. The standard InChI is InChI=1S/C25H49O2.C17H33O2.C5H8NOS.Li/c1-4-7-10-13-16-18-21-24(22-19-17-14-11-8-5-2)27-25(26)23-20-15-12-9-6-3;1-3-5-7-9-10-12-14-16-19-17(18)15-13-11-8-6-4-2;7-5-8-4-3-6-1-2-6;/h24H,3-23H2,1-2H3;2-16H2,1H3;1-4H2;/q3*-1;+1. The molecule has 6 nitrogen and oxygen atoms in total. The normalized spacial score (nSPS) is 11.9. The van der Waals surface area contributed by atoms with Gasteiger partial charge in [0, 0.05) is 32.5 Å². The Morgan fingerprint density at radius 1 is 0.582 bits per heavy atom. The minimum Gasteiger partial charge on any atom is -0.530 e. The van der Waals surface area contributed by atoms with Crippen LogP contribution < -0.4 is 18.9 Å². The van der Waals surface area contributed by atoms with E-state index in [-0.39, 0.29) is 36.9 Å². The first kappa shape index (κ1) is 58.8. The van der Waals surface area contributed by atoms with Gasteiger partial charge in [-0.05, 0) is 50.7 Å². The van der Waals surface area contributed by atoms with E-state index in [1.807, 2.05) is 0 Å². The number of hydrogen-bond donors (Lipinski definition) is 0. The van der Waals surface area contributed by atoms with Gasteiger partial charge in [0.25, 0.3) is 0 Å². The molecule has 55 heavy (non-hydrogen) atoms. The molecule has 0 radical (unpaired) electrons. The zero-order chi connectivity index (χ0) is 40.0. The molecule has 0 aliphatic carbocycles. The van der Waals surface area contributed by atoms with Crippen LogP contribution in [0.5, 0.6) is 0 Å². The summed E-state index contributed by atoms with van der Waals surface area (Å²) in [4.78, 5) is 35.5. The number of nitrogens with zero attached hydrogens (tertiary/aromatic N) is 1. The summed E-state index contributed by atoms with van der Waals surface area (Å²) in [7, 11) is 0. The molecule has 1 aliphatic heterocycles. The van der Waals surface area contributed by atoms with Gasteiger partial charge < -0.3 is 44.8 Å². The van der Waals surface area contributed by atoms with Crippen molar-refractivity contribution in [3.63, 3.8) is 0 Å². The molecule has 1 heterocycles. The maximum atomic E-state index is 12.2. The molecular weight excluding hydrogens is 698 g/mol. The first-order valence-corrected chi connectivity index (χ1v) is 24.1. The Labute approximate surface area is 359 Å². The molecule has 1 aliphatic rings. The molecule has 0 amide bonds. The van der Waals surface area contributed by atoms with E-state index in [4.69, 9.17) is 9.47 Å². The second-order valence-electron chi connectivity index (χ2n) is 15.4. The van der Waals surface area contributed by atoms with E-state index in [2.05, 4.69) is 39.5 Å². The van der Waals surface area contributed by atoms with Crippen molar-refractivity contribution in [2.45, 2.75) is 239 Å². The summed E-state index contributed by atoms with van der Waals surface area (Å²) < 4.78 is 11.1. The molecule has 0 aromatic rings. The van der Waals surface area contributed by atoms with Gasteiger partial charge in [0.1, 0.15) is 6.10 Å². The Hall–Kier alpha value is -0.483. The Balaban J connectivity index is -0.000000831. The van der Waals surface area contributed by atoms with Gasteiger partial charge in [-0.25, -0.2) is 5.62 Å². The van der Waals surface area contributed by atoms with Crippen LogP contribution in [0.2, 0.25) is 0 Å². The van der Waals surface area contributed by atoms with Crippen molar-refractivity contribution in [3.8, 4) is 0 Å². The molecule has 0 N–H and O–H groups in total. The van der Waals surface area contributed by atoms with Crippen LogP contribution in [-0.4, -0.2) is 60.6 Å². The van der Waals surface area contributed by atoms with Gasteiger partial charge in [0.05, 0.1) is 6.61 Å². The topological polar surface area (TPSA) is 72.7 Å². The quantitative estimate of drug-likeness (QED) is 0.0202. The van der Waals surface area contributed by atoms with Crippen molar-refractivity contribution in [3.05, 3.63) is 13.8 Å². The number of thioether (sulfide) groups is 1. The average molecular weight is 788 g/mol. The second kappa shape index (κ2) is 51.5. The van der Waals surface area contributed by atoms with E-state index in [1.165, 1.54) is 166 Å². The van der Waals surface area contributed by atoms with Crippen molar-refractivity contribution in [2.75, 3.05) is 32.0 Å². The summed E-state index contributed by atoms with van der Waals surface area (Å²) in [6, 6.07) is 0.